The number of para-hydroxylation sites is 4. The third-order valence-electron chi connectivity index (χ3n) is 9.58. The summed E-state index contributed by atoms with van der Waals surface area (Å²) in [6.07, 6.45) is 0. The van der Waals surface area contributed by atoms with Crippen LogP contribution in [0.2, 0.25) is 0 Å². The van der Waals surface area contributed by atoms with Crippen LogP contribution in [0.25, 0.3) is 54.6 Å². The molecule has 4 nitrogen and oxygen atoms in total. The van der Waals surface area contributed by atoms with Crippen LogP contribution in [-0.4, -0.2) is 0 Å². The molecule has 236 valence electrons. The monoisotopic (exact) mass is 642 g/mol. The first-order valence-electron chi connectivity index (χ1n) is 16.8. The molecule has 4 heteroatoms. The van der Waals surface area contributed by atoms with E-state index < -0.39 is 0 Å². The maximum absolute atomic E-state index is 6.68. The van der Waals surface area contributed by atoms with Gasteiger partial charge in [0.1, 0.15) is 11.2 Å². The van der Waals surface area contributed by atoms with Gasteiger partial charge in [-0.15, -0.1) is 0 Å². The maximum Gasteiger partial charge on any atom is 0.178 e. The molecule has 10 aromatic rings. The van der Waals surface area contributed by atoms with Gasteiger partial charge in [-0.05, 0) is 108 Å². The van der Waals surface area contributed by atoms with Crippen molar-refractivity contribution in [2.75, 3.05) is 9.80 Å². The summed E-state index contributed by atoms with van der Waals surface area (Å²) in [6.45, 7) is 0. The number of rotatable bonds is 6. The van der Waals surface area contributed by atoms with Crippen LogP contribution in [0, 0.1) is 0 Å². The van der Waals surface area contributed by atoms with E-state index in [0.717, 1.165) is 88.8 Å². The molecule has 50 heavy (non-hydrogen) atoms. The number of furan rings is 2. The smallest absolute Gasteiger partial charge is 0.178 e. The normalized spacial score (nSPS) is 11.6. The Morgan fingerprint density at radius 3 is 1.22 bits per heavy atom. The summed E-state index contributed by atoms with van der Waals surface area (Å²) >= 11 is 0. The van der Waals surface area contributed by atoms with E-state index in [-0.39, 0.29) is 0 Å². The standard InChI is InChI=1S/C46H30N2O2/c1-5-13-33(14-6-1)47(34-15-7-2-8-16-34)37-22-21-31-28-42-41-26-25-40-39-24-23-38(48(35-17-9-3-10-18-35)36-19-11-4-12-20-36)30-44(39)50-45(40)46(41)49-43(42)29-32(31)27-37/h1-30H. The lowest BCUT2D eigenvalue weighted by Crippen LogP contribution is -2.09. The van der Waals surface area contributed by atoms with Crippen LogP contribution in [0.15, 0.2) is 191 Å². The van der Waals surface area contributed by atoms with E-state index in [4.69, 9.17) is 8.83 Å². The molecule has 0 fully saturated rings. The lowest BCUT2D eigenvalue weighted by molar-refractivity contribution is 0.633. The number of anilines is 6. The van der Waals surface area contributed by atoms with Crippen molar-refractivity contribution in [3.05, 3.63) is 182 Å². The van der Waals surface area contributed by atoms with Crippen molar-refractivity contribution < 1.29 is 8.83 Å². The zero-order chi connectivity index (χ0) is 33.0. The van der Waals surface area contributed by atoms with Crippen molar-refractivity contribution in [1.82, 2.24) is 0 Å². The first-order valence-corrected chi connectivity index (χ1v) is 16.8. The topological polar surface area (TPSA) is 32.8 Å². The second-order valence-corrected chi connectivity index (χ2v) is 12.6. The summed E-state index contributed by atoms with van der Waals surface area (Å²) in [4.78, 5) is 4.53. The van der Waals surface area contributed by atoms with Crippen LogP contribution < -0.4 is 9.80 Å². The van der Waals surface area contributed by atoms with Crippen molar-refractivity contribution >= 4 is 88.8 Å². The summed E-state index contributed by atoms with van der Waals surface area (Å²) in [5.41, 5.74) is 9.67. The number of hydrogen-bond donors (Lipinski definition) is 0. The minimum absolute atomic E-state index is 0.765. The quantitative estimate of drug-likeness (QED) is 0.181. The van der Waals surface area contributed by atoms with Gasteiger partial charge in [0.2, 0.25) is 0 Å². The fraction of sp³-hybridized carbons (Fsp3) is 0. The number of hydrogen-bond acceptors (Lipinski definition) is 4. The molecule has 0 bridgehead atoms. The van der Waals surface area contributed by atoms with Gasteiger partial charge in [0.25, 0.3) is 0 Å². The summed E-state index contributed by atoms with van der Waals surface area (Å²) in [7, 11) is 0. The lowest BCUT2D eigenvalue weighted by Gasteiger charge is -2.25. The van der Waals surface area contributed by atoms with Crippen LogP contribution in [0.5, 0.6) is 0 Å². The molecule has 8 aromatic carbocycles. The molecule has 0 N–H and O–H groups in total. The SMILES string of the molecule is c1ccc(N(c2ccccc2)c2ccc3cc4c(cc3c2)oc2c4ccc3c4ccc(N(c5ccccc5)c5ccccc5)cc4oc32)cc1. The molecule has 0 aliphatic heterocycles. The summed E-state index contributed by atoms with van der Waals surface area (Å²) in [5.74, 6) is 0. The average Bonchev–Trinajstić information content (AvgIpc) is 3.73. The predicted octanol–water partition coefficient (Wildman–Crippen LogP) is 13.6. The zero-order valence-corrected chi connectivity index (χ0v) is 27.0. The molecule has 0 atom stereocenters. The van der Waals surface area contributed by atoms with E-state index in [1.165, 1.54) is 0 Å². The second kappa shape index (κ2) is 11.4. The molecular formula is C46H30N2O2. The van der Waals surface area contributed by atoms with Gasteiger partial charge in [0.15, 0.2) is 11.2 Å². The van der Waals surface area contributed by atoms with Gasteiger partial charge >= 0.3 is 0 Å². The lowest BCUT2D eigenvalue weighted by atomic mass is 10.0. The van der Waals surface area contributed by atoms with Crippen LogP contribution in [0.4, 0.5) is 34.1 Å². The Bertz CT molecular complexity index is 2730. The predicted molar refractivity (Wildman–Crippen MR) is 208 cm³/mol. The van der Waals surface area contributed by atoms with Gasteiger partial charge in [-0.25, -0.2) is 0 Å². The molecule has 0 saturated heterocycles. The Balaban J connectivity index is 1.11. The van der Waals surface area contributed by atoms with E-state index >= 15 is 0 Å². The van der Waals surface area contributed by atoms with Crippen LogP contribution >= 0.6 is 0 Å². The molecule has 0 unspecified atom stereocenters. The van der Waals surface area contributed by atoms with E-state index in [1.54, 1.807) is 0 Å². The highest BCUT2D eigenvalue weighted by Crippen LogP contribution is 2.43. The Morgan fingerprint density at radius 2 is 0.700 bits per heavy atom. The van der Waals surface area contributed by atoms with Crippen molar-refractivity contribution in [2.45, 2.75) is 0 Å². The Labute approximate surface area is 288 Å². The molecule has 0 aliphatic carbocycles. The van der Waals surface area contributed by atoms with Crippen LogP contribution in [0.3, 0.4) is 0 Å². The van der Waals surface area contributed by atoms with E-state index in [2.05, 4.69) is 168 Å². The minimum Gasteiger partial charge on any atom is -0.452 e. The summed E-state index contributed by atoms with van der Waals surface area (Å²) < 4.78 is 13.3. The molecular weight excluding hydrogens is 613 g/mol. The average molecular weight is 643 g/mol. The molecule has 0 aliphatic rings. The van der Waals surface area contributed by atoms with Crippen molar-refractivity contribution in [3.63, 3.8) is 0 Å². The zero-order valence-electron chi connectivity index (χ0n) is 27.0. The van der Waals surface area contributed by atoms with Gasteiger partial charge in [-0.3, -0.25) is 0 Å². The Morgan fingerprint density at radius 1 is 0.280 bits per heavy atom. The summed E-state index contributed by atoms with van der Waals surface area (Å²) in [6, 6.07) is 63.6. The maximum atomic E-state index is 6.68. The van der Waals surface area contributed by atoms with E-state index in [1.807, 2.05) is 24.3 Å². The highest BCUT2D eigenvalue weighted by atomic mass is 16.4. The van der Waals surface area contributed by atoms with Gasteiger partial charge in [0, 0.05) is 61.7 Å². The molecule has 0 radical (unpaired) electrons. The molecule has 0 saturated carbocycles. The Hall–Kier alpha value is -6.78. The van der Waals surface area contributed by atoms with Crippen molar-refractivity contribution in [3.8, 4) is 0 Å². The fourth-order valence-corrected chi connectivity index (χ4v) is 7.27. The van der Waals surface area contributed by atoms with Gasteiger partial charge < -0.3 is 18.6 Å². The van der Waals surface area contributed by atoms with Gasteiger partial charge in [0.05, 0.1) is 0 Å². The highest BCUT2D eigenvalue weighted by molar-refractivity contribution is 6.20. The van der Waals surface area contributed by atoms with E-state index in [0.29, 0.717) is 0 Å². The van der Waals surface area contributed by atoms with Gasteiger partial charge in [-0.2, -0.15) is 0 Å². The Kier molecular flexibility index (Phi) is 6.46. The third-order valence-corrected chi connectivity index (χ3v) is 9.58. The molecule has 2 aromatic heterocycles. The molecule has 10 rings (SSSR count). The fourth-order valence-electron chi connectivity index (χ4n) is 7.27. The first kappa shape index (κ1) is 28.3. The second-order valence-electron chi connectivity index (χ2n) is 12.6. The summed E-state index contributed by atoms with van der Waals surface area (Å²) in [5, 5.41) is 6.48. The number of nitrogens with zero attached hydrogens (tertiary/aromatic N) is 2. The molecule has 0 amide bonds. The van der Waals surface area contributed by atoms with Gasteiger partial charge in [-0.1, -0.05) is 78.9 Å². The molecule has 0 spiro atoms. The number of fused-ring (bicyclic) bond motifs is 8. The van der Waals surface area contributed by atoms with Crippen molar-refractivity contribution in [2.24, 2.45) is 0 Å². The van der Waals surface area contributed by atoms with E-state index in [9.17, 15) is 0 Å². The minimum atomic E-state index is 0.765. The van der Waals surface area contributed by atoms with Crippen molar-refractivity contribution in [1.29, 1.82) is 0 Å². The number of benzene rings is 8. The highest BCUT2D eigenvalue weighted by Gasteiger charge is 2.20. The molecule has 2 heterocycles. The largest absolute Gasteiger partial charge is 0.452 e. The third kappa shape index (κ3) is 4.61. The van der Waals surface area contributed by atoms with Crippen LogP contribution in [-0.2, 0) is 0 Å². The first-order chi connectivity index (χ1) is 24.8. The van der Waals surface area contributed by atoms with Crippen LogP contribution in [0.1, 0.15) is 0 Å².